The largest absolute Gasteiger partial charge is 0.497 e. The van der Waals surface area contributed by atoms with Crippen molar-refractivity contribution in [3.63, 3.8) is 0 Å². The number of hydrogen-bond acceptors (Lipinski definition) is 7. The monoisotopic (exact) mass is 460 g/mol. The Labute approximate surface area is 199 Å². The zero-order valence-corrected chi connectivity index (χ0v) is 19.7. The molecule has 3 aromatic rings. The highest BCUT2D eigenvalue weighted by molar-refractivity contribution is 5.95. The molecule has 1 aromatic heterocycles. The maximum atomic E-state index is 13.1. The van der Waals surface area contributed by atoms with E-state index < -0.39 is 0 Å². The van der Waals surface area contributed by atoms with Crippen LogP contribution in [-0.4, -0.2) is 60.9 Å². The van der Waals surface area contributed by atoms with Crippen LogP contribution in [0, 0.1) is 13.8 Å². The summed E-state index contributed by atoms with van der Waals surface area (Å²) in [6.07, 6.45) is 0.738. The van der Waals surface area contributed by atoms with Gasteiger partial charge in [0.15, 0.2) is 11.5 Å². The maximum Gasteiger partial charge on any atom is 0.254 e. The molecular weight excluding hydrogens is 432 g/mol. The molecule has 5 rings (SSSR count). The summed E-state index contributed by atoms with van der Waals surface area (Å²) in [7, 11) is 1.67. The number of anilines is 1. The minimum absolute atomic E-state index is 0.00598. The van der Waals surface area contributed by atoms with Crippen molar-refractivity contribution >= 4 is 11.7 Å². The summed E-state index contributed by atoms with van der Waals surface area (Å²) in [6.45, 7) is 6.82. The highest BCUT2D eigenvalue weighted by Crippen LogP contribution is 2.33. The fourth-order valence-corrected chi connectivity index (χ4v) is 4.47. The molecule has 34 heavy (non-hydrogen) atoms. The Morgan fingerprint density at radius 1 is 0.971 bits per heavy atom. The predicted octanol–water partition coefficient (Wildman–Crippen LogP) is 3.38. The van der Waals surface area contributed by atoms with Crippen molar-refractivity contribution in [2.75, 3.05) is 45.0 Å². The molecule has 8 nitrogen and oxygen atoms in total. The van der Waals surface area contributed by atoms with Crippen molar-refractivity contribution in [1.82, 2.24) is 14.9 Å². The molecule has 8 heteroatoms. The van der Waals surface area contributed by atoms with E-state index in [9.17, 15) is 4.79 Å². The number of carbonyl (C=O) groups excluding carboxylic acids is 1. The number of ether oxygens (including phenoxy) is 3. The minimum atomic E-state index is 0.00598. The van der Waals surface area contributed by atoms with Crippen LogP contribution in [-0.2, 0) is 6.42 Å². The first kappa shape index (κ1) is 22.0. The molecule has 0 aliphatic carbocycles. The molecule has 0 unspecified atom stereocenters. The smallest absolute Gasteiger partial charge is 0.254 e. The maximum absolute atomic E-state index is 13.1. The number of benzene rings is 2. The van der Waals surface area contributed by atoms with Gasteiger partial charge in [0, 0.05) is 49.4 Å². The average molecular weight is 461 g/mol. The van der Waals surface area contributed by atoms with E-state index in [1.165, 1.54) is 5.56 Å². The van der Waals surface area contributed by atoms with Crippen LogP contribution in [0.25, 0.3) is 0 Å². The highest BCUT2D eigenvalue weighted by Gasteiger charge is 2.26. The molecule has 1 fully saturated rings. The Bertz CT molecular complexity index is 1200. The van der Waals surface area contributed by atoms with Crippen LogP contribution in [0.4, 0.5) is 5.82 Å². The van der Waals surface area contributed by atoms with Crippen molar-refractivity contribution in [1.29, 1.82) is 0 Å². The molecule has 3 heterocycles. The van der Waals surface area contributed by atoms with E-state index in [2.05, 4.69) is 22.0 Å². The molecular formula is C26H28N4O4. The Hall–Kier alpha value is -3.81. The minimum Gasteiger partial charge on any atom is -0.497 e. The molecule has 2 aliphatic rings. The molecule has 0 atom stereocenters. The van der Waals surface area contributed by atoms with Crippen molar-refractivity contribution in [2.24, 2.45) is 0 Å². The van der Waals surface area contributed by atoms with Gasteiger partial charge in [-0.2, -0.15) is 0 Å². The van der Waals surface area contributed by atoms with Crippen molar-refractivity contribution in [3.8, 4) is 17.2 Å². The molecule has 0 spiro atoms. The van der Waals surface area contributed by atoms with Gasteiger partial charge in [-0.1, -0.05) is 12.1 Å². The van der Waals surface area contributed by atoms with Gasteiger partial charge in [0.2, 0.25) is 6.79 Å². The molecule has 1 amide bonds. The van der Waals surface area contributed by atoms with E-state index in [0.717, 1.165) is 35.1 Å². The Kier molecular flexibility index (Phi) is 5.96. The summed E-state index contributed by atoms with van der Waals surface area (Å²) in [5, 5.41) is 0. The summed E-state index contributed by atoms with van der Waals surface area (Å²) in [4.78, 5) is 26.7. The predicted molar refractivity (Wildman–Crippen MR) is 128 cm³/mol. The Morgan fingerprint density at radius 3 is 2.44 bits per heavy atom. The fourth-order valence-electron chi connectivity index (χ4n) is 4.47. The highest BCUT2D eigenvalue weighted by atomic mass is 16.7. The van der Waals surface area contributed by atoms with Crippen LogP contribution < -0.4 is 19.1 Å². The summed E-state index contributed by atoms with van der Waals surface area (Å²) in [5.41, 5.74) is 3.89. The van der Waals surface area contributed by atoms with Crippen LogP contribution in [0.3, 0.4) is 0 Å². The second kappa shape index (κ2) is 9.21. The van der Waals surface area contributed by atoms with Gasteiger partial charge in [-0.3, -0.25) is 4.79 Å². The number of nitrogens with zero attached hydrogens (tertiary/aromatic N) is 4. The zero-order chi connectivity index (χ0) is 23.7. The summed E-state index contributed by atoms with van der Waals surface area (Å²) >= 11 is 0. The van der Waals surface area contributed by atoms with Gasteiger partial charge in [-0.05, 0) is 49.7 Å². The van der Waals surface area contributed by atoms with Crippen molar-refractivity contribution < 1.29 is 19.0 Å². The lowest BCUT2D eigenvalue weighted by Gasteiger charge is -2.36. The molecule has 176 valence electrons. The molecule has 0 bridgehead atoms. The van der Waals surface area contributed by atoms with E-state index in [1.807, 2.05) is 30.9 Å². The number of carbonyl (C=O) groups is 1. The van der Waals surface area contributed by atoms with Crippen LogP contribution >= 0.6 is 0 Å². The first-order valence-electron chi connectivity index (χ1n) is 11.4. The van der Waals surface area contributed by atoms with E-state index in [1.54, 1.807) is 25.3 Å². The second-order valence-corrected chi connectivity index (χ2v) is 8.53. The first-order valence-corrected chi connectivity index (χ1v) is 11.4. The first-order chi connectivity index (χ1) is 16.5. The SMILES string of the molecule is COc1ccc(Cc2c(C)nc(C)nc2N2CCN(C(=O)c3ccc4c(c3)OCO4)CC2)cc1. The third-order valence-corrected chi connectivity index (χ3v) is 6.33. The van der Waals surface area contributed by atoms with Gasteiger partial charge < -0.3 is 24.0 Å². The summed E-state index contributed by atoms with van der Waals surface area (Å²) < 4.78 is 16.1. The number of amides is 1. The average Bonchev–Trinajstić information content (AvgIpc) is 3.33. The quantitative estimate of drug-likeness (QED) is 0.578. The zero-order valence-electron chi connectivity index (χ0n) is 19.7. The third-order valence-electron chi connectivity index (χ3n) is 6.33. The molecule has 0 N–H and O–H groups in total. The molecule has 2 aromatic carbocycles. The van der Waals surface area contributed by atoms with E-state index >= 15 is 0 Å². The topological polar surface area (TPSA) is 77.0 Å². The van der Waals surface area contributed by atoms with Crippen molar-refractivity contribution in [3.05, 3.63) is 70.7 Å². The van der Waals surface area contributed by atoms with Gasteiger partial charge >= 0.3 is 0 Å². The molecule has 1 saturated heterocycles. The van der Waals surface area contributed by atoms with Gasteiger partial charge in [-0.15, -0.1) is 0 Å². The van der Waals surface area contributed by atoms with Crippen molar-refractivity contribution in [2.45, 2.75) is 20.3 Å². The lowest BCUT2D eigenvalue weighted by Crippen LogP contribution is -2.49. The molecule has 0 saturated carbocycles. The number of methoxy groups -OCH3 is 1. The molecule has 0 radical (unpaired) electrons. The number of aromatic nitrogens is 2. The number of rotatable bonds is 5. The van der Waals surface area contributed by atoms with Crippen LogP contribution in [0.15, 0.2) is 42.5 Å². The number of hydrogen-bond donors (Lipinski definition) is 0. The van der Waals surface area contributed by atoms with Gasteiger partial charge in [0.05, 0.1) is 7.11 Å². The summed E-state index contributed by atoms with van der Waals surface area (Å²) in [6, 6.07) is 13.4. The van der Waals surface area contributed by atoms with E-state index in [4.69, 9.17) is 19.2 Å². The molecule has 2 aliphatic heterocycles. The van der Waals surface area contributed by atoms with Crippen LogP contribution in [0.2, 0.25) is 0 Å². The third kappa shape index (κ3) is 4.35. The Morgan fingerprint density at radius 2 is 1.71 bits per heavy atom. The second-order valence-electron chi connectivity index (χ2n) is 8.53. The normalized spacial score (nSPS) is 14.9. The lowest BCUT2D eigenvalue weighted by atomic mass is 10.0. The van der Waals surface area contributed by atoms with Gasteiger partial charge in [0.1, 0.15) is 17.4 Å². The number of aryl methyl sites for hydroxylation is 2. The van der Waals surface area contributed by atoms with E-state index in [-0.39, 0.29) is 12.7 Å². The van der Waals surface area contributed by atoms with Gasteiger partial charge in [0.25, 0.3) is 5.91 Å². The number of piperazine rings is 1. The Balaban J connectivity index is 1.31. The fraction of sp³-hybridized carbons (Fsp3) is 0.346. The number of fused-ring (bicyclic) bond motifs is 1. The summed E-state index contributed by atoms with van der Waals surface area (Å²) in [5.74, 6) is 3.86. The van der Waals surface area contributed by atoms with Crippen LogP contribution in [0.1, 0.15) is 33.0 Å². The van der Waals surface area contributed by atoms with Gasteiger partial charge in [-0.25, -0.2) is 9.97 Å². The van der Waals surface area contributed by atoms with E-state index in [0.29, 0.717) is 43.2 Å². The lowest BCUT2D eigenvalue weighted by molar-refractivity contribution is 0.0746. The van der Waals surface area contributed by atoms with Crippen LogP contribution in [0.5, 0.6) is 17.2 Å². The standard InChI is InChI=1S/C26H28N4O4/c1-17-22(14-19-4-7-21(32-3)8-5-19)25(28-18(2)27-17)29-10-12-30(13-11-29)26(31)20-6-9-23-24(15-20)34-16-33-23/h4-9,15H,10-14,16H2,1-3H3.